The lowest BCUT2D eigenvalue weighted by Gasteiger charge is -2.34. The Balaban J connectivity index is 1.40. The van der Waals surface area contributed by atoms with E-state index in [-0.39, 0.29) is 5.63 Å². The molecule has 0 saturated carbocycles. The average Bonchev–Trinajstić information content (AvgIpc) is 2.75. The molecule has 0 aliphatic carbocycles. The summed E-state index contributed by atoms with van der Waals surface area (Å²) in [6.07, 6.45) is 0.931. The first kappa shape index (κ1) is 19.7. The van der Waals surface area contributed by atoms with E-state index in [1.807, 2.05) is 18.2 Å². The van der Waals surface area contributed by atoms with Gasteiger partial charge in [0.05, 0.1) is 7.11 Å². The summed E-state index contributed by atoms with van der Waals surface area (Å²) in [7, 11) is 1.69. The minimum atomic E-state index is -0.265. The monoisotopic (exact) mass is 392 g/mol. The van der Waals surface area contributed by atoms with Crippen molar-refractivity contribution in [1.29, 1.82) is 0 Å². The lowest BCUT2D eigenvalue weighted by atomic mass is 10.1. The van der Waals surface area contributed by atoms with Crippen LogP contribution in [0, 0.1) is 0 Å². The lowest BCUT2D eigenvalue weighted by molar-refractivity contribution is 0.122. The Morgan fingerprint density at radius 3 is 2.21 bits per heavy atom. The zero-order valence-electron chi connectivity index (χ0n) is 17.2. The van der Waals surface area contributed by atoms with Crippen molar-refractivity contribution >= 4 is 11.0 Å². The predicted molar refractivity (Wildman–Crippen MR) is 115 cm³/mol. The Kier molecular flexibility index (Phi) is 5.97. The Morgan fingerprint density at radius 2 is 1.55 bits per heavy atom. The van der Waals surface area contributed by atoms with Crippen molar-refractivity contribution in [2.45, 2.75) is 26.4 Å². The summed E-state index contributed by atoms with van der Waals surface area (Å²) in [6, 6.07) is 16.1. The molecule has 0 N–H and O–H groups in total. The van der Waals surface area contributed by atoms with E-state index in [1.165, 1.54) is 11.1 Å². The molecule has 5 heteroatoms. The smallest absolute Gasteiger partial charge is 0.336 e. The van der Waals surface area contributed by atoms with Gasteiger partial charge in [-0.25, -0.2) is 4.79 Å². The van der Waals surface area contributed by atoms with Gasteiger partial charge in [-0.05, 0) is 41.3 Å². The zero-order valence-corrected chi connectivity index (χ0v) is 17.2. The van der Waals surface area contributed by atoms with Gasteiger partial charge in [0.25, 0.3) is 0 Å². The molecule has 0 spiro atoms. The first-order valence-corrected chi connectivity index (χ1v) is 10.3. The quantitative estimate of drug-likeness (QED) is 0.599. The van der Waals surface area contributed by atoms with E-state index in [0.717, 1.165) is 62.4 Å². The van der Waals surface area contributed by atoms with Crippen molar-refractivity contribution in [2.75, 3.05) is 33.3 Å². The second-order valence-corrected chi connectivity index (χ2v) is 7.68. The van der Waals surface area contributed by atoms with E-state index >= 15 is 0 Å². The molecule has 1 fully saturated rings. The third kappa shape index (κ3) is 4.69. The number of piperazine rings is 1. The fourth-order valence-corrected chi connectivity index (χ4v) is 3.96. The Hall–Kier alpha value is -2.63. The van der Waals surface area contributed by atoms with Crippen LogP contribution in [0.2, 0.25) is 0 Å². The van der Waals surface area contributed by atoms with Crippen LogP contribution in [0.5, 0.6) is 5.75 Å². The van der Waals surface area contributed by atoms with Gasteiger partial charge in [-0.2, -0.15) is 0 Å². The predicted octanol–water partition coefficient (Wildman–Crippen LogP) is 3.68. The molecule has 1 aliphatic rings. The van der Waals surface area contributed by atoms with Crippen molar-refractivity contribution in [3.63, 3.8) is 0 Å². The van der Waals surface area contributed by atoms with E-state index < -0.39 is 0 Å². The number of aryl methyl sites for hydroxylation is 1. The summed E-state index contributed by atoms with van der Waals surface area (Å²) in [6.45, 7) is 7.86. The Labute approximate surface area is 171 Å². The van der Waals surface area contributed by atoms with Gasteiger partial charge in [0.1, 0.15) is 11.3 Å². The van der Waals surface area contributed by atoms with Crippen molar-refractivity contribution in [1.82, 2.24) is 9.80 Å². The summed E-state index contributed by atoms with van der Waals surface area (Å²) in [4.78, 5) is 16.9. The molecule has 0 amide bonds. The molecule has 152 valence electrons. The van der Waals surface area contributed by atoms with Crippen molar-refractivity contribution < 1.29 is 9.15 Å². The van der Waals surface area contributed by atoms with Crippen LogP contribution in [0.15, 0.2) is 57.7 Å². The van der Waals surface area contributed by atoms with Gasteiger partial charge in [0.15, 0.2) is 0 Å². The van der Waals surface area contributed by atoms with Gasteiger partial charge >= 0.3 is 5.63 Å². The van der Waals surface area contributed by atoms with Crippen LogP contribution in [0.1, 0.15) is 23.6 Å². The Bertz CT molecular complexity index is 1020. The molecule has 1 saturated heterocycles. The standard InChI is InChI=1S/C24H28N2O3/c1-3-18-6-9-22-20(15-24(27)29-23(22)14-18)17-26-12-10-25(11-13-26)16-19-4-7-21(28-2)8-5-19/h4-9,14-15H,3,10-13,16-17H2,1-2H3. The van der Waals surface area contributed by atoms with Crippen LogP contribution in [-0.2, 0) is 19.5 Å². The Morgan fingerprint density at radius 1 is 0.897 bits per heavy atom. The zero-order chi connectivity index (χ0) is 20.2. The van der Waals surface area contributed by atoms with Crippen LogP contribution in [0.3, 0.4) is 0 Å². The van der Waals surface area contributed by atoms with E-state index in [9.17, 15) is 4.79 Å². The van der Waals surface area contributed by atoms with Gasteiger partial charge in [0, 0.05) is 50.7 Å². The molecule has 0 atom stereocenters. The first-order valence-electron chi connectivity index (χ1n) is 10.3. The molecule has 2 aromatic carbocycles. The largest absolute Gasteiger partial charge is 0.497 e. The van der Waals surface area contributed by atoms with E-state index in [4.69, 9.17) is 9.15 Å². The minimum absolute atomic E-state index is 0.265. The van der Waals surface area contributed by atoms with Crippen LogP contribution in [-0.4, -0.2) is 43.1 Å². The molecule has 0 radical (unpaired) electrons. The third-order valence-corrected chi connectivity index (χ3v) is 5.73. The maximum Gasteiger partial charge on any atom is 0.336 e. The highest BCUT2D eigenvalue weighted by Gasteiger charge is 2.18. The van der Waals surface area contributed by atoms with E-state index in [1.54, 1.807) is 13.2 Å². The van der Waals surface area contributed by atoms with Gasteiger partial charge in [0.2, 0.25) is 0 Å². The summed E-state index contributed by atoms with van der Waals surface area (Å²) in [5.41, 5.74) is 3.98. The SMILES string of the molecule is CCc1ccc2c(CN3CCN(Cc4ccc(OC)cc4)CC3)cc(=O)oc2c1. The van der Waals surface area contributed by atoms with Crippen LogP contribution >= 0.6 is 0 Å². The molecule has 0 bridgehead atoms. The van der Waals surface area contributed by atoms with Crippen LogP contribution in [0.25, 0.3) is 11.0 Å². The van der Waals surface area contributed by atoms with E-state index in [0.29, 0.717) is 5.58 Å². The fourth-order valence-electron chi connectivity index (χ4n) is 3.96. The molecule has 2 heterocycles. The number of ether oxygens (including phenoxy) is 1. The normalized spacial score (nSPS) is 15.7. The average molecular weight is 392 g/mol. The second kappa shape index (κ2) is 8.80. The molecular weight excluding hydrogens is 364 g/mol. The number of methoxy groups -OCH3 is 1. The molecule has 5 nitrogen and oxygen atoms in total. The summed E-state index contributed by atoms with van der Waals surface area (Å²) in [5, 5.41) is 1.04. The molecule has 1 aliphatic heterocycles. The molecule has 1 aromatic heterocycles. The van der Waals surface area contributed by atoms with Gasteiger partial charge < -0.3 is 9.15 Å². The van der Waals surface area contributed by atoms with Crippen LogP contribution < -0.4 is 10.4 Å². The summed E-state index contributed by atoms with van der Waals surface area (Å²) in [5.74, 6) is 0.893. The van der Waals surface area contributed by atoms with Gasteiger partial charge in [-0.15, -0.1) is 0 Å². The van der Waals surface area contributed by atoms with E-state index in [2.05, 4.69) is 41.0 Å². The number of benzene rings is 2. The highest BCUT2D eigenvalue weighted by Crippen LogP contribution is 2.21. The van der Waals surface area contributed by atoms with Gasteiger partial charge in [-0.1, -0.05) is 31.2 Å². The van der Waals surface area contributed by atoms with Crippen LogP contribution in [0.4, 0.5) is 0 Å². The molecular formula is C24H28N2O3. The van der Waals surface area contributed by atoms with Crippen molar-refractivity contribution in [3.05, 3.63) is 75.6 Å². The molecule has 0 unspecified atom stereocenters. The number of nitrogens with zero attached hydrogens (tertiary/aromatic N) is 2. The summed E-state index contributed by atoms with van der Waals surface area (Å²) < 4.78 is 10.7. The van der Waals surface area contributed by atoms with Crippen molar-refractivity contribution in [2.24, 2.45) is 0 Å². The number of fused-ring (bicyclic) bond motifs is 1. The lowest BCUT2D eigenvalue weighted by Crippen LogP contribution is -2.45. The maximum atomic E-state index is 12.0. The summed E-state index contributed by atoms with van der Waals surface area (Å²) >= 11 is 0. The van der Waals surface area contributed by atoms with Gasteiger partial charge in [-0.3, -0.25) is 9.80 Å². The van der Waals surface area contributed by atoms with Crippen molar-refractivity contribution in [3.8, 4) is 5.75 Å². The topological polar surface area (TPSA) is 45.9 Å². The fraction of sp³-hybridized carbons (Fsp3) is 0.375. The number of rotatable bonds is 6. The highest BCUT2D eigenvalue weighted by atomic mass is 16.5. The highest BCUT2D eigenvalue weighted by molar-refractivity contribution is 5.80. The third-order valence-electron chi connectivity index (χ3n) is 5.73. The number of hydrogen-bond acceptors (Lipinski definition) is 5. The number of hydrogen-bond donors (Lipinski definition) is 0. The molecule has 4 rings (SSSR count). The minimum Gasteiger partial charge on any atom is -0.497 e. The second-order valence-electron chi connectivity index (χ2n) is 7.68. The molecule has 3 aromatic rings. The molecule has 29 heavy (non-hydrogen) atoms. The first-order chi connectivity index (χ1) is 14.1. The maximum absolute atomic E-state index is 12.0.